The standard InChI is InChI=1S/C16H17N5O/c1-2-5-15(18-16(22)12-8-10-17-11-9-12)21-14-7-4-3-6-13(14)19-20-21/h3-4,6-11,15H,2,5H2,1H3,(H,18,22). The van der Waals surface area contributed by atoms with Crippen LogP contribution in [0.15, 0.2) is 48.8 Å². The topological polar surface area (TPSA) is 72.7 Å². The van der Waals surface area contributed by atoms with Crippen LogP contribution in [0.4, 0.5) is 0 Å². The van der Waals surface area contributed by atoms with Crippen molar-refractivity contribution in [3.8, 4) is 0 Å². The molecule has 0 aliphatic heterocycles. The van der Waals surface area contributed by atoms with Crippen LogP contribution >= 0.6 is 0 Å². The number of hydrogen-bond donors (Lipinski definition) is 1. The Bertz CT molecular complexity index is 768. The van der Waals surface area contributed by atoms with E-state index >= 15 is 0 Å². The zero-order valence-corrected chi connectivity index (χ0v) is 12.3. The fraction of sp³-hybridized carbons (Fsp3) is 0.250. The summed E-state index contributed by atoms with van der Waals surface area (Å²) in [6.45, 7) is 2.07. The quantitative estimate of drug-likeness (QED) is 0.785. The molecule has 6 nitrogen and oxygen atoms in total. The van der Waals surface area contributed by atoms with Gasteiger partial charge < -0.3 is 5.32 Å². The molecule has 0 bridgehead atoms. The number of pyridine rings is 1. The van der Waals surface area contributed by atoms with E-state index < -0.39 is 0 Å². The van der Waals surface area contributed by atoms with Crippen molar-refractivity contribution in [2.45, 2.75) is 25.9 Å². The van der Waals surface area contributed by atoms with Gasteiger partial charge >= 0.3 is 0 Å². The first-order valence-electron chi connectivity index (χ1n) is 7.30. The lowest BCUT2D eigenvalue weighted by atomic mass is 10.2. The summed E-state index contributed by atoms with van der Waals surface area (Å²) in [6.07, 6.45) is 4.70. The average molecular weight is 295 g/mol. The van der Waals surface area contributed by atoms with E-state index in [0.717, 1.165) is 23.9 Å². The van der Waals surface area contributed by atoms with E-state index in [0.29, 0.717) is 5.56 Å². The smallest absolute Gasteiger partial charge is 0.253 e. The van der Waals surface area contributed by atoms with E-state index in [-0.39, 0.29) is 12.1 Å². The number of nitrogens with one attached hydrogen (secondary N) is 1. The molecule has 2 heterocycles. The molecule has 0 saturated heterocycles. The van der Waals surface area contributed by atoms with Crippen molar-refractivity contribution in [3.05, 3.63) is 54.4 Å². The molecule has 0 aliphatic rings. The molecule has 112 valence electrons. The van der Waals surface area contributed by atoms with Crippen molar-refractivity contribution in [2.75, 3.05) is 0 Å². The van der Waals surface area contributed by atoms with Gasteiger partial charge in [-0.1, -0.05) is 30.7 Å². The van der Waals surface area contributed by atoms with Crippen LogP contribution in [0, 0.1) is 0 Å². The summed E-state index contributed by atoms with van der Waals surface area (Å²) in [6, 6.07) is 11.1. The van der Waals surface area contributed by atoms with E-state index in [2.05, 4.69) is 27.5 Å². The van der Waals surface area contributed by atoms with E-state index in [9.17, 15) is 4.79 Å². The predicted octanol–water partition coefficient (Wildman–Crippen LogP) is 2.56. The summed E-state index contributed by atoms with van der Waals surface area (Å²) in [4.78, 5) is 16.3. The van der Waals surface area contributed by atoms with Gasteiger partial charge in [0.25, 0.3) is 5.91 Å². The van der Waals surface area contributed by atoms with Gasteiger partial charge in [0, 0.05) is 18.0 Å². The van der Waals surface area contributed by atoms with Gasteiger partial charge in [0.1, 0.15) is 11.7 Å². The van der Waals surface area contributed by atoms with Crippen LogP contribution in [-0.4, -0.2) is 25.9 Å². The SMILES string of the molecule is CCCC(NC(=O)c1ccncc1)n1nnc2ccccc21. The normalized spacial score (nSPS) is 12.2. The highest BCUT2D eigenvalue weighted by molar-refractivity contribution is 5.94. The molecule has 6 heteroatoms. The Morgan fingerprint density at radius 3 is 2.77 bits per heavy atom. The van der Waals surface area contributed by atoms with Crippen LogP contribution in [0.2, 0.25) is 0 Å². The number of benzene rings is 1. The highest BCUT2D eigenvalue weighted by atomic mass is 16.1. The van der Waals surface area contributed by atoms with Gasteiger partial charge in [0.05, 0.1) is 5.52 Å². The third-order valence-corrected chi connectivity index (χ3v) is 3.47. The minimum absolute atomic E-state index is 0.138. The number of amides is 1. The number of hydrogen-bond acceptors (Lipinski definition) is 4. The van der Waals surface area contributed by atoms with E-state index in [4.69, 9.17) is 0 Å². The molecular formula is C16H17N5O. The van der Waals surface area contributed by atoms with Gasteiger partial charge in [0.15, 0.2) is 0 Å². The van der Waals surface area contributed by atoms with Gasteiger partial charge in [-0.05, 0) is 30.7 Å². The largest absolute Gasteiger partial charge is 0.330 e. The molecule has 0 fully saturated rings. The lowest BCUT2D eigenvalue weighted by Gasteiger charge is -2.19. The molecule has 1 unspecified atom stereocenters. The van der Waals surface area contributed by atoms with Gasteiger partial charge in [-0.25, -0.2) is 4.68 Å². The Morgan fingerprint density at radius 2 is 2.00 bits per heavy atom. The molecule has 2 aromatic heterocycles. The molecule has 0 saturated carbocycles. The van der Waals surface area contributed by atoms with Crippen LogP contribution in [0.5, 0.6) is 0 Å². The molecule has 0 radical (unpaired) electrons. The fourth-order valence-corrected chi connectivity index (χ4v) is 2.38. The number of carbonyl (C=O) groups excluding carboxylic acids is 1. The van der Waals surface area contributed by atoms with Crippen molar-refractivity contribution < 1.29 is 4.79 Å². The summed E-state index contributed by atoms with van der Waals surface area (Å²) in [5.74, 6) is -0.138. The number of para-hydroxylation sites is 1. The van der Waals surface area contributed by atoms with Gasteiger partial charge in [0.2, 0.25) is 0 Å². The van der Waals surface area contributed by atoms with Crippen LogP contribution in [0.3, 0.4) is 0 Å². The fourth-order valence-electron chi connectivity index (χ4n) is 2.38. The first kappa shape index (κ1) is 14.2. The Labute approximate surface area is 128 Å². The maximum atomic E-state index is 12.4. The maximum Gasteiger partial charge on any atom is 0.253 e. The first-order valence-corrected chi connectivity index (χ1v) is 7.30. The molecule has 0 spiro atoms. The van der Waals surface area contributed by atoms with Crippen molar-refractivity contribution in [3.63, 3.8) is 0 Å². The highest BCUT2D eigenvalue weighted by Gasteiger charge is 2.18. The number of carbonyl (C=O) groups is 1. The summed E-state index contributed by atoms with van der Waals surface area (Å²) in [7, 11) is 0. The van der Waals surface area contributed by atoms with Gasteiger partial charge in [-0.3, -0.25) is 9.78 Å². The predicted molar refractivity (Wildman–Crippen MR) is 83.2 cm³/mol. The molecule has 22 heavy (non-hydrogen) atoms. The second-order valence-corrected chi connectivity index (χ2v) is 5.04. The van der Waals surface area contributed by atoms with E-state index in [1.165, 1.54) is 0 Å². The molecule has 3 aromatic rings. The number of nitrogens with zero attached hydrogens (tertiary/aromatic N) is 4. The van der Waals surface area contributed by atoms with Crippen molar-refractivity contribution in [1.29, 1.82) is 0 Å². The molecule has 1 amide bonds. The molecule has 1 aromatic carbocycles. The summed E-state index contributed by atoms with van der Waals surface area (Å²) in [5, 5.41) is 11.4. The lowest BCUT2D eigenvalue weighted by Crippen LogP contribution is -2.33. The summed E-state index contributed by atoms with van der Waals surface area (Å²) >= 11 is 0. The lowest BCUT2D eigenvalue weighted by molar-refractivity contribution is 0.0912. The van der Waals surface area contributed by atoms with Crippen LogP contribution in [0.1, 0.15) is 36.3 Å². The van der Waals surface area contributed by atoms with E-state index in [1.807, 2.05) is 24.3 Å². The third-order valence-electron chi connectivity index (χ3n) is 3.47. The Hall–Kier alpha value is -2.76. The third kappa shape index (κ3) is 2.81. The van der Waals surface area contributed by atoms with Gasteiger partial charge in [-0.2, -0.15) is 0 Å². The van der Waals surface area contributed by atoms with Gasteiger partial charge in [-0.15, -0.1) is 5.10 Å². The van der Waals surface area contributed by atoms with E-state index in [1.54, 1.807) is 29.2 Å². The molecular weight excluding hydrogens is 278 g/mol. The molecule has 1 atom stereocenters. The second-order valence-electron chi connectivity index (χ2n) is 5.04. The Kier molecular flexibility index (Phi) is 4.09. The van der Waals surface area contributed by atoms with Crippen molar-refractivity contribution in [2.24, 2.45) is 0 Å². The first-order chi connectivity index (χ1) is 10.8. The summed E-state index contributed by atoms with van der Waals surface area (Å²) < 4.78 is 1.78. The number of rotatable bonds is 5. The van der Waals surface area contributed by atoms with Crippen molar-refractivity contribution in [1.82, 2.24) is 25.3 Å². The van der Waals surface area contributed by atoms with Crippen LogP contribution < -0.4 is 5.32 Å². The highest BCUT2D eigenvalue weighted by Crippen LogP contribution is 2.17. The minimum atomic E-state index is -0.224. The zero-order valence-electron chi connectivity index (χ0n) is 12.3. The van der Waals surface area contributed by atoms with Crippen LogP contribution in [0.25, 0.3) is 11.0 Å². The Balaban J connectivity index is 1.88. The molecule has 1 N–H and O–H groups in total. The monoisotopic (exact) mass is 295 g/mol. The molecule has 3 rings (SSSR count). The summed E-state index contributed by atoms with van der Waals surface area (Å²) in [5.41, 5.74) is 2.32. The molecule has 0 aliphatic carbocycles. The average Bonchev–Trinajstić information content (AvgIpc) is 2.99. The zero-order chi connectivity index (χ0) is 15.4. The van der Waals surface area contributed by atoms with Crippen molar-refractivity contribution >= 4 is 16.9 Å². The Morgan fingerprint density at radius 1 is 1.23 bits per heavy atom. The maximum absolute atomic E-state index is 12.4. The number of fused-ring (bicyclic) bond motifs is 1. The second kappa shape index (κ2) is 6.34. The van der Waals surface area contributed by atoms with Crippen LogP contribution in [-0.2, 0) is 0 Å². The number of aromatic nitrogens is 4. The minimum Gasteiger partial charge on any atom is -0.330 e.